The first-order chi connectivity index (χ1) is 10.8. The van der Waals surface area contributed by atoms with Crippen molar-refractivity contribution in [3.8, 4) is 5.75 Å². The van der Waals surface area contributed by atoms with E-state index in [1.165, 1.54) is 31.5 Å². The number of rotatable bonds is 9. The maximum absolute atomic E-state index is 5.99. The van der Waals surface area contributed by atoms with E-state index in [2.05, 4.69) is 47.9 Å². The summed E-state index contributed by atoms with van der Waals surface area (Å²) in [5.74, 6) is 0.952. The highest BCUT2D eigenvalue weighted by molar-refractivity contribution is 5.29. The molecule has 22 heavy (non-hydrogen) atoms. The molecule has 0 spiro atoms. The molecule has 1 heterocycles. The third-order valence-corrected chi connectivity index (χ3v) is 4.64. The number of hydrogen-bond acceptors (Lipinski definition) is 4. The lowest BCUT2D eigenvalue weighted by atomic mass is 10.1. The Balaban J connectivity index is 1.86. The van der Waals surface area contributed by atoms with Gasteiger partial charge in [0.2, 0.25) is 0 Å². The fourth-order valence-corrected chi connectivity index (χ4v) is 3.17. The van der Waals surface area contributed by atoms with Gasteiger partial charge in [0.05, 0.1) is 0 Å². The summed E-state index contributed by atoms with van der Waals surface area (Å²) < 4.78 is 5.85. The fraction of sp³-hybridized carbons (Fsp3) is 0.667. The van der Waals surface area contributed by atoms with Crippen molar-refractivity contribution in [3.63, 3.8) is 0 Å². The molecule has 1 aromatic carbocycles. The first kappa shape index (κ1) is 17.3. The molecule has 0 radical (unpaired) electrons. The minimum absolute atomic E-state index is 0.354. The molecule has 1 fully saturated rings. The van der Waals surface area contributed by atoms with Gasteiger partial charge in [-0.3, -0.25) is 4.90 Å². The average molecular weight is 305 g/mol. The van der Waals surface area contributed by atoms with Gasteiger partial charge in [0, 0.05) is 19.1 Å². The molecule has 2 rings (SSSR count). The van der Waals surface area contributed by atoms with Crippen LogP contribution in [0.2, 0.25) is 0 Å². The van der Waals surface area contributed by atoms with Crippen LogP contribution in [-0.4, -0.2) is 55.7 Å². The lowest BCUT2D eigenvalue weighted by molar-refractivity contribution is 0.222. The number of likely N-dealkylation sites (tertiary alicyclic amines) is 1. The minimum Gasteiger partial charge on any atom is -0.492 e. The van der Waals surface area contributed by atoms with Crippen LogP contribution in [0.5, 0.6) is 5.75 Å². The topological polar surface area (TPSA) is 41.7 Å². The molecule has 0 aliphatic carbocycles. The predicted molar refractivity (Wildman–Crippen MR) is 92.3 cm³/mol. The van der Waals surface area contributed by atoms with E-state index < -0.39 is 0 Å². The van der Waals surface area contributed by atoms with Crippen molar-refractivity contribution in [1.29, 1.82) is 0 Å². The highest BCUT2D eigenvalue weighted by atomic mass is 16.5. The molecule has 1 aliphatic heterocycles. The minimum atomic E-state index is 0.354. The monoisotopic (exact) mass is 305 g/mol. The molecule has 2 N–H and O–H groups in total. The van der Waals surface area contributed by atoms with Crippen molar-refractivity contribution >= 4 is 0 Å². The summed E-state index contributed by atoms with van der Waals surface area (Å²) in [5, 5.41) is 0. The molecular weight excluding hydrogens is 274 g/mol. The van der Waals surface area contributed by atoms with Gasteiger partial charge in [-0.25, -0.2) is 0 Å². The molecule has 0 aromatic heterocycles. The number of nitrogens with zero attached hydrogens (tertiary/aromatic N) is 2. The lowest BCUT2D eigenvalue weighted by Crippen LogP contribution is -2.31. The second-order valence-electron chi connectivity index (χ2n) is 5.94. The molecule has 124 valence electrons. The number of ether oxygens (including phenoxy) is 1. The van der Waals surface area contributed by atoms with E-state index in [4.69, 9.17) is 10.5 Å². The Labute approximate surface area is 135 Å². The van der Waals surface area contributed by atoms with Crippen LogP contribution in [-0.2, 0) is 0 Å². The largest absolute Gasteiger partial charge is 0.492 e. The maximum Gasteiger partial charge on any atom is 0.119 e. The van der Waals surface area contributed by atoms with Gasteiger partial charge < -0.3 is 15.4 Å². The van der Waals surface area contributed by atoms with Gasteiger partial charge in [0.1, 0.15) is 12.4 Å². The number of benzene rings is 1. The van der Waals surface area contributed by atoms with E-state index in [-0.39, 0.29) is 0 Å². The standard InChI is InChI=1S/C18H31N3O/c1-3-20(4-2)13-14-22-17-9-7-16(8-10-17)18(15-19)21-11-5-6-12-21/h7-10,18H,3-6,11-15,19H2,1-2H3. The molecule has 1 aliphatic rings. The summed E-state index contributed by atoms with van der Waals surface area (Å²) in [7, 11) is 0. The van der Waals surface area contributed by atoms with Gasteiger partial charge in [0.25, 0.3) is 0 Å². The van der Waals surface area contributed by atoms with Crippen LogP contribution in [0.3, 0.4) is 0 Å². The van der Waals surface area contributed by atoms with Crippen LogP contribution in [0.1, 0.15) is 38.3 Å². The fourth-order valence-electron chi connectivity index (χ4n) is 3.17. The van der Waals surface area contributed by atoms with E-state index in [1.807, 2.05) is 0 Å². The molecule has 1 atom stereocenters. The van der Waals surface area contributed by atoms with Crippen LogP contribution in [0.15, 0.2) is 24.3 Å². The van der Waals surface area contributed by atoms with Crippen LogP contribution in [0, 0.1) is 0 Å². The maximum atomic E-state index is 5.99. The van der Waals surface area contributed by atoms with E-state index in [0.717, 1.165) is 32.0 Å². The Bertz CT molecular complexity index is 411. The zero-order valence-corrected chi connectivity index (χ0v) is 14.1. The molecule has 4 nitrogen and oxygen atoms in total. The normalized spacial score (nSPS) is 17.1. The number of nitrogens with two attached hydrogens (primary N) is 1. The van der Waals surface area contributed by atoms with Gasteiger partial charge in [-0.05, 0) is 56.7 Å². The molecule has 1 saturated heterocycles. The summed E-state index contributed by atoms with van der Waals surface area (Å²) in [6.07, 6.45) is 2.59. The lowest BCUT2D eigenvalue weighted by Gasteiger charge is -2.26. The molecule has 0 saturated carbocycles. The van der Waals surface area contributed by atoms with Crippen molar-refractivity contribution in [2.75, 3.05) is 45.9 Å². The van der Waals surface area contributed by atoms with E-state index in [9.17, 15) is 0 Å². The van der Waals surface area contributed by atoms with Crippen molar-refractivity contribution in [3.05, 3.63) is 29.8 Å². The van der Waals surface area contributed by atoms with Crippen LogP contribution in [0.25, 0.3) is 0 Å². The summed E-state index contributed by atoms with van der Waals surface area (Å²) >= 11 is 0. The van der Waals surface area contributed by atoms with Gasteiger partial charge in [-0.15, -0.1) is 0 Å². The summed E-state index contributed by atoms with van der Waals surface area (Å²) in [4.78, 5) is 4.86. The third kappa shape index (κ3) is 4.70. The molecule has 1 aromatic rings. The van der Waals surface area contributed by atoms with Gasteiger partial charge in [-0.2, -0.15) is 0 Å². The summed E-state index contributed by atoms with van der Waals surface area (Å²) in [6.45, 7) is 11.3. The first-order valence-electron chi connectivity index (χ1n) is 8.67. The summed E-state index contributed by atoms with van der Waals surface area (Å²) in [5.41, 5.74) is 7.29. The highest BCUT2D eigenvalue weighted by Crippen LogP contribution is 2.25. The van der Waals surface area contributed by atoms with Crippen molar-refractivity contribution in [1.82, 2.24) is 9.80 Å². The second-order valence-corrected chi connectivity index (χ2v) is 5.94. The van der Waals surface area contributed by atoms with Gasteiger partial charge in [0.15, 0.2) is 0 Å². The smallest absolute Gasteiger partial charge is 0.119 e. The number of likely N-dealkylation sites (N-methyl/N-ethyl adjacent to an activating group) is 1. The highest BCUT2D eigenvalue weighted by Gasteiger charge is 2.21. The SMILES string of the molecule is CCN(CC)CCOc1ccc(C(CN)N2CCCC2)cc1. The van der Waals surface area contributed by atoms with Crippen LogP contribution in [0.4, 0.5) is 0 Å². The Morgan fingerprint density at radius 1 is 1.14 bits per heavy atom. The Hall–Kier alpha value is -1.10. The third-order valence-electron chi connectivity index (χ3n) is 4.64. The van der Waals surface area contributed by atoms with Crippen LogP contribution >= 0.6 is 0 Å². The average Bonchev–Trinajstić information content (AvgIpc) is 3.08. The quantitative estimate of drug-likeness (QED) is 0.761. The van der Waals surface area contributed by atoms with Gasteiger partial charge >= 0.3 is 0 Å². The second kappa shape index (κ2) is 9.13. The Morgan fingerprint density at radius 3 is 2.32 bits per heavy atom. The van der Waals surface area contributed by atoms with E-state index in [1.54, 1.807) is 0 Å². The van der Waals surface area contributed by atoms with Gasteiger partial charge in [-0.1, -0.05) is 26.0 Å². The van der Waals surface area contributed by atoms with Crippen LogP contribution < -0.4 is 10.5 Å². The zero-order valence-electron chi connectivity index (χ0n) is 14.1. The zero-order chi connectivity index (χ0) is 15.8. The Kier molecular flexibility index (Phi) is 7.16. The van der Waals surface area contributed by atoms with Crippen molar-refractivity contribution in [2.45, 2.75) is 32.7 Å². The predicted octanol–water partition coefficient (Wildman–Crippen LogP) is 2.50. The first-order valence-corrected chi connectivity index (χ1v) is 8.67. The van der Waals surface area contributed by atoms with E-state index in [0.29, 0.717) is 12.6 Å². The summed E-state index contributed by atoms with van der Waals surface area (Å²) in [6, 6.07) is 8.85. The van der Waals surface area contributed by atoms with Crippen molar-refractivity contribution in [2.24, 2.45) is 5.73 Å². The van der Waals surface area contributed by atoms with Crippen molar-refractivity contribution < 1.29 is 4.74 Å². The number of hydrogen-bond donors (Lipinski definition) is 1. The molecule has 1 unspecified atom stereocenters. The molecular formula is C18H31N3O. The molecule has 0 bridgehead atoms. The molecule has 0 amide bonds. The van der Waals surface area contributed by atoms with E-state index >= 15 is 0 Å². The molecule has 4 heteroatoms. The Morgan fingerprint density at radius 2 is 1.77 bits per heavy atom.